The Bertz CT molecular complexity index is 454. The van der Waals surface area contributed by atoms with Gasteiger partial charge >= 0.3 is 5.97 Å². The quantitative estimate of drug-likeness (QED) is 0.476. The topological polar surface area (TPSA) is 52.6 Å². The van der Waals surface area contributed by atoms with Crippen LogP contribution >= 0.6 is 15.9 Å². The fourth-order valence-corrected chi connectivity index (χ4v) is 1.78. The molecule has 0 saturated carbocycles. The van der Waals surface area contributed by atoms with E-state index in [-0.39, 0.29) is 28.5 Å². The number of hydrogen-bond donors (Lipinski definition) is 0. The third-order valence-electron chi connectivity index (χ3n) is 2.34. The molecule has 1 unspecified atom stereocenters. The predicted octanol–water partition coefficient (Wildman–Crippen LogP) is 2.84. The Kier molecular flexibility index (Phi) is 5.34. The van der Waals surface area contributed by atoms with Crippen molar-refractivity contribution in [2.45, 2.75) is 18.7 Å². The van der Waals surface area contributed by atoms with E-state index in [1.807, 2.05) is 0 Å². The first kappa shape index (κ1) is 14.7. The van der Waals surface area contributed by atoms with E-state index in [4.69, 9.17) is 9.47 Å². The standard InChI is InChI=1S/C13H15BrO4/c1-4-18-13(16)10-7-5-6-9(12(10)17-3)11(15)8(2)14/h5-8H,4H2,1-3H3. The molecule has 18 heavy (non-hydrogen) atoms. The van der Waals surface area contributed by atoms with Crippen LogP contribution < -0.4 is 4.74 Å². The minimum atomic E-state index is -0.494. The summed E-state index contributed by atoms with van der Waals surface area (Å²) in [6.07, 6.45) is 0. The van der Waals surface area contributed by atoms with E-state index in [2.05, 4.69) is 15.9 Å². The van der Waals surface area contributed by atoms with Gasteiger partial charge in [0.05, 0.1) is 24.1 Å². The third-order valence-corrected chi connectivity index (χ3v) is 2.76. The number of esters is 1. The highest BCUT2D eigenvalue weighted by Gasteiger charge is 2.22. The number of rotatable bonds is 5. The molecule has 0 radical (unpaired) electrons. The highest BCUT2D eigenvalue weighted by Crippen LogP contribution is 2.27. The molecule has 0 aliphatic rings. The minimum absolute atomic E-state index is 0.141. The number of ketones is 1. The van der Waals surface area contributed by atoms with Gasteiger partial charge in [0.2, 0.25) is 0 Å². The summed E-state index contributed by atoms with van der Waals surface area (Å²) in [6, 6.07) is 4.84. The van der Waals surface area contributed by atoms with Gasteiger partial charge in [-0.3, -0.25) is 4.79 Å². The lowest BCUT2D eigenvalue weighted by molar-refractivity contribution is 0.0522. The van der Waals surface area contributed by atoms with Crippen LogP contribution in [0.5, 0.6) is 5.75 Å². The maximum atomic E-state index is 12.0. The number of ether oxygens (including phenoxy) is 2. The summed E-state index contributed by atoms with van der Waals surface area (Å²) >= 11 is 3.21. The zero-order chi connectivity index (χ0) is 13.7. The maximum Gasteiger partial charge on any atom is 0.341 e. The van der Waals surface area contributed by atoms with Gasteiger partial charge in [-0.25, -0.2) is 4.79 Å². The Labute approximate surface area is 114 Å². The molecule has 1 aromatic rings. The number of carbonyl (C=O) groups excluding carboxylic acids is 2. The van der Waals surface area contributed by atoms with Crippen LogP contribution in [-0.4, -0.2) is 30.3 Å². The van der Waals surface area contributed by atoms with Crippen LogP contribution in [-0.2, 0) is 4.74 Å². The molecule has 0 fully saturated rings. The van der Waals surface area contributed by atoms with Crippen molar-refractivity contribution < 1.29 is 19.1 Å². The van der Waals surface area contributed by atoms with Gasteiger partial charge in [0.25, 0.3) is 0 Å². The van der Waals surface area contributed by atoms with Crippen LogP contribution in [0.15, 0.2) is 18.2 Å². The van der Waals surface area contributed by atoms with Crippen molar-refractivity contribution in [2.24, 2.45) is 0 Å². The highest BCUT2D eigenvalue weighted by atomic mass is 79.9. The van der Waals surface area contributed by atoms with E-state index in [1.165, 1.54) is 7.11 Å². The number of carbonyl (C=O) groups is 2. The van der Waals surface area contributed by atoms with Crippen molar-refractivity contribution >= 4 is 27.7 Å². The predicted molar refractivity (Wildman–Crippen MR) is 71.7 cm³/mol. The van der Waals surface area contributed by atoms with Crippen LogP contribution in [0.1, 0.15) is 34.6 Å². The number of halogens is 1. The van der Waals surface area contributed by atoms with Gasteiger partial charge in [-0.15, -0.1) is 0 Å². The summed E-state index contributed by atoms with van der Waals surface area (Å²) in [7, 11) is 1.42. The first-order chi connectivity index (χ1) is 8.52. The Morgan fingerprint density at radius 2 is 1.94 bits per heavy atom. The van der Waals surface area contributed by atoms with E-state index in [0.29, 0.717) is 5.56 Å². The summed E-state index contributed by atoms with van der Waals surface area (Å²) < 4.78 is 10.1. The van der Waals surface area contributed by atoms with E-state index < -0.39 is 5.97 Å². The summed E-state index contributed by atoms with van der Waals surface area (Å²) in [6.45, 7) is 3.72. The number of alkyl halides is 1. The van der Waals surface area contributed by atoms with Gasteiger partial charge in [-0.2, -0.15) is 0 Å². The average Bonchev–Trinajstić information content (AvgIpc) is 2.36. The molecule has 98 valence electrons. The smallest absolute Gasteiger partial charge is 0.341 e. The van der Waals surface area contributed by atoms with Crippen LogP contribution in [0.4, 0.5) is 0 Å². The second-order valence-electron chi connectivity index (χ2n) is 3.59. The summed E-state index contributed by atoms with van der Waals surface area (Å²) in [5.74, 6) is -0.378. The molecule has 0 N–H and O–H groups in total. The van der Waals surface area contributed by atoms with Gasteiger partial charge in [-0.1, -0.05) is 22.0 Å². The van der Waals surface area contributed by atoms with Crippen LogP contribution in [0, 0.1) is 0 Å². The van der Waals surface area contributed by atoms with E-state index >= 15 is 0 Å². The molecule has 0 saturated heterocycles. The van der Waals surface area contributed by atoms with Crippen LogP contribution in [0.25, 0.3) is 0 Å². The van der Waals surface area contributed by atoms with Crippen molar-refractivity contribution in [3.63, 3.8) is 0 Å². The lowest BCUT2D eigenvalue weighted by atomic mass is 10.0. The van der Waals surface area contributed by atoms with Gasteiger partial charge in [0.15, 0.2) is 5.78 Å². The van der Waals surface area contributed by atoms with E-state index in [0.717, 1.165) is 0 Å². The van der Waals surface area contributed by atoms with E-state index in [9.17, 15) is 9.59 Å². The zero-order valence-electron chi connectivity index (χ0n) is 10.5. The number of benzene rings is 1. The molecule has 0 aromatic heterocycles. The van der Waals surface area contributed by atoms with Gasteiger partial charge in [-0.05, 0) is 26.0 Å². The average molecular weight is 315 g/mol. The molecule has 1 atom stereocenters. The van der Waals surface area contributed by atoms with Crippen LogP contribution in [0.3, 0.4) is 0 Å². The number of para-hydroxylation sites is 1. The zero-order valence-corrected chi connectivity index (χ0v) is 12.1. The minimum Gasteiger partial charge on any atom is -0.495 e. The monoisotopic (exact) mass is 314 g/mol. The van der Waals surface area contributed by atoms with Crippen LogP contribution in [0.2, 0.25) is 0 Å². The molecule has 0 aliphatic heterocycles. The van der Waals surface area contributed by atoms with Crippen molar-refractivity contribution in [3.05, 3.63) is 29.3 Å². The first-order valence-electron chi connectivity index (χ1n) is 5.55. The second-order valence-corrected chi connectivity index (χ2v) is 4.96. The Balaban J connectivity index is 3.26. The molecule has 0 heterocycles. The van der Waals surface area contributed by atoms with Crippen molar-refractivity contribution in [1.82, 2.24) is 0 Å². The maximum absolute atomic E-state index is 12.0. The fourth-order valence-electron chi connectivity index (χ4n) is 1.53. The summed E-state index contributed by atoms with van der Waals surface area (Å²) in [5, 5.41) is 0. The molecular weight excluding hydrogens is 300 g/mol. The fraction of sp³-hybridized carbons (Fsp3) is 0.385. The number of hydrogen-bond acceptors (Lipinski definition) is 4. The SMILES string of the molecule is CCOC(=O)c1cccc(C(=O)C(C)Br)c1OC. The molecule has 1 aromatic carbocycles. The highest BCUT2D eigenvalue weighted by molar-refractivity contribution is 9.10. The molecule has 1 rings (SSSR count). The van der Waals surface area contributed by atoms with Crippen molar-refractivity contribution in [1.29, 1.82) is 0 Å². The molecule has 4 nitrogen and oxygen atoms in total. The van der Waals surface area contributed by atoms with E-state index in [1.54, 1.807) is 32.0 Å². The molecule has 5 heteroatoms. The molecule has 0 aliphatic carbocycles. The first-order valence-corrected chi connectivity index (χ1v) is 6.46. The van der Waals surface area contributed by atoms with Gasteiger partial charge < -0.3 is 9.47 Å². The Morgan fingerprint density at radius 1 is 1.33 bits per heavy atom. The lowest BCUT2D eigenvalue weighted by Gasteiger charge is -2.12. The Hall–Kier alpha value is -1.36. The molecular formula is C13H15BrO4. The largest absolute Gasteiger partial charge is 0.495 e. The lowest BCUT2D eigenvalue weighted by Crippen LogP contribution is -2.14. The molecule has 0 amide bonds. The normalized spacial score (nSPS) is 11.8. The number of Topliss-reactive ketones (excluding diaryl/α,β-unsaturated/α-hetero) is 1. The summed E-state index contributed by atoms with van der Waals surface area (Å²) in [5.41, 5.74) is 0.630. The third kappa shape index (κ3) is 3.10. The van der Waals surface area contributed by atoms with Gasteiger partial charge in [0.1, 0.15) is 11.3 Å². The van der Waals surface area contributed by atoms with Gasteiger partial charge in [0, 0.05) is 0 Å². The molecule has 0 bridgehead atoms. The molecule has 0 spiro atoms. The van der Waals surface area contributed by atoms with Crippen molar-refractivity contribution in [3.8, 4) is 5.75 Å². The van der Waals surface area contributed by atoms with Crippen molar-refractivity contribution in [2.75, 3.05) is 13.7 Å². The second kappa shape index (κ2) is 6.54. The summed E-state index contributed by atoms with van der Waals surface area (Å²) in [4.78, 5) is 23.4. The number of methoxy groups -OCH3 is 1. The Morgan fingerprint density at radius 3 is 2.44 bits per heavy atom.